The predicted octanol–water partition coefficient (Wildman–Crippen LogP) is 1.55. The van der Waals surface area contributed by atoms with Gasteiger partial charge in [-0.15, -0.1) is 0 Å². The predicted molar refractivity (Wildman–Crippen MR) is 69.3 cm³/mol. The van der Waals surface area contributed by atoms with E-state index in [4.69, 9.17) is 0 Å². The molecule has 2 aliphatic heterocycles. The Balaban J connectivity index is 1.65. The Hall–Kier alpha value is -1.16. The molecule has 2 unspecified atom stereocenters. The highest BCUT2D eigenvalue weighted by molar-refractivity contribution is 5.80. The fourth-order valence-corrected chi connectivity index (χ4v) is 3.52. The highest BCUT2D eigenvalue weighted by atomic mass is 16.1. The summed E-state index contributed by atoms with van der Waals surface area (Å²) in [6.45, 7) is 1.07. The average molecular weight is 247 g/mol. The minimum Gasteiger partial charge on any atom is -0.300 e. The maximum Gasteiger partial charge on any atom is 0.136 e. The molecule has 4 nitrogen and oxygen atoms in total. The molecule has 3 heterocycles. The Bertz CT molecular complexity index is 424. The molecular weight excluding hydrogens is 226 g/mol. The number of carbonyl (C=O) groups excluding carboxylic acids is 1. The number of nitrogens with zero attached hydrogens (tertiary/aromatic N) is 3. The van der Waals surface area contributed by atoms with Crippen molar-refractivity contribution in [2.75, 3.05) is 6.54 Å². The first-order chi connectivity index (χ1) is 8.74. The van der Waals surface area contributed by atoms with Gasteiger partial charge in [-0.25, -0.2) is 0 Å². The third-order valence-electron chi connectivity index (χ3n) is 4.49. The van der Waals surface area contributed by atoms with Gasteiger partial charge in [0.25, 0.3) is 0 Å². The summed E-state index contributed by atoms with van der Waals surface area (Å²) in [5.74, 6) is 0.474. The van der Waals surface area contributed by atoms with Gasteiger partial charge < -0.3 is 0 Å². The van der Waals surface area contributed by atoms with Crippen molar-refractivity contribution in [3.05, 3.63) is 18.0 Å². The molecule has 1 aromatic heterocycles. The number of piperidine rings is 2. The van der Waals surface area contributed by atoms with E-state index in [-0.39, 0.29) is 0 Å². The quantitative estimate of drug-likeness (QED) is 0.813. The average Bonchev–Trinajstić information content (AvgIpc) is 2.72. The van der Waals surface area contributed by atoms with Gasteiger partial charge in [-0.1, -0.05) is 6.42 Å². The van der Waals surface area contributed by atoms with Crippen LogP contribution >= 0.6 is 0 Å². The molecule has 2 fully saturated rings. The SMILES string of the molecule is Cn1nccc1CCN1C2CCCC1CC(=O)C2. The van der Waals surface area contributed by atoms with Crippen LogP contribution in [0.1, 0.15) is 37.8 Å². The van der Waals surface area contributed by atoms with Gasteiger partial charge in [0.2, 0.25) is 0 Å². The van der Waals surface area contributed by atoms with E-state index >= 15 is 0 Å². The molecule has 0 aromatic carbocycles. The minimum absolute atomic E-state index is 0.474. The molecule has 2 aliphatic rings. The van der Waals surface area contributed by atoms with E-state index in [1.165, 1.54) is 25.0 Å². The summed E-state index contributed by atoms with van der Waals surface area (Å²) in [6, 6.07) is 3.11. The molecular formula is C14H21N3O. The van der Waals surface area contributed by atoms with Crippen molar-refractivity contribution in [1.82, 2.24) is 14.7 Å². The topological polar surface area (TPSA) is 38.1 Å². The molecule has 0 N–H and O–H groups in total. The summed E-state index contributed by atoms with van der Waals surface area (Å²) in [6.07, 6.45) is 8.16. The van der Waals surface area contributed by atoms with Crippen molar-refractivity contribution in [2.24, 2.45) is 7.05 Å². The number of rotatable bonds is 3. The van der Waals surface area contributed by atoms with E-state index in [0.29, 0.717) is 17.9 Å². The molecule has 0 amide bonds. The summed E-state index contributed by atoms with van der Waals surface area (Å²) < 4.78 is 1.95. The van der Waals surface area contributed by atoms with Crippen molar-refractivity contribution < 1.29 is 4.79 Å². The lowest BCUT2D eigenvalue weighted by atomic mass is 9.83. The molecule has 1 aromatic rings. The zero-order valence-electron chi connectivity index (χ0n) is 11.0. The van der Waals surface area contributed by atoms with E-state index in [0.717, 1.165) is 25.8 Å². The molecule has 2 atom stereocenters. The van der Waals surface area contributed by atoms with Crippen molar-refractivity contribution >= 4 is 5.78 Å². The van der Waals surface area contributed by atoms with Crippen LogP contribution in [0.15, 0.2) is 12.3 Å². The largest absolute Gasteiger partial charge is 0.300 e. The standard InChI is InChI=1S/C14H21N3O/c1-16-11(5-7-15-16)6-8-17-12-3-2-4-13(17)10-14(18)9-12/h5,7,12-13H,2-4,6,8-10H2,1H3. The number of aromatic nitrogens is 2. The molecule has 0 saturated carbocycles. The summed E-state index contributed by atoms with van der Waals surface area (Å²) in [5, 5.41) is 4.21. The van der Waals surface area contributed by atoms with Crippen LogP contribution in [0.3, 0.4) is 0 Å². The number of fused-ring (bicyclic) bond motifs is 2. The van der Waals surface area contributed by atoms with Gasteiger partial charge in [-0.3, -0.25) is 14.4 Å². The maximum atomic E-state index is 11.7. The van der Waals surface area contributed by atoms with Crippen molar-refractivity contribution in [3.63, 3.8) is 0 Å². The highest BCUT2D eigenvalue weighted by Gasteiger charge is 2.36. The molecule has 98 valence electrons. The molecule has 0 spiro atoms. The Labute approximate surface area is 108 Å². The smallest absolute Gasteiger partial charge is 0.136 e. The van der Waals surface area contributed by atoms with Gasteiger partial charge in [0.15, 0.2) is 0 Å². The molecule has 2 saturated heterocycles. The number of Topliss-reactive ketones (excluding diaryl/α,β-unsaturated/α-hetero) is 1. The lowest BCUT2D eigenvalue weighted by Gasteiger charge is -2.45. The lowest BCUT2D eigenvalue weighted by Crippen LogP contribution is -2.52. The van der Waals surface area contributed by atoms with Gasteiger partial charge in [0.1, 0.15) is 5.78 Å². The van der Waals surface area contributed by atoms with Gasteiger partial charge in [0.05, 0.1) is 0 Å². The van der Waals surface area contributed by atoms with Crippen LogP contribution in [-0.2, 0) is 18.3 Å². The molecule has 3 rings (SSSR count). The summed E-state index contributed by atoms with van der Waals surface area (Å²) in [5.41, 5.74) is 1.28. The van der Waals surface area contributed by atoms with Crippen molar-refractivity contribution in [2.45, 2.75) is 50.6 Å². The first kappa shape index (κ1) is 11.9. The maximum absolute atomic E-state index is 11.7. The van der Waals surface area contributed by atoms with Crippen LogP contribution in [0, 0.1) is 0 Å². The fraction of sp³-hybridized carbons (Fsp3) is 0.714. The van der Waals surface area contributed by atoms with E-state index in [9.17, 15) is 4.79 Å². The number of ketones is 1. The monoisotopic (exact) mass is 247 g/mol. The molecule has 0 aliphatic carbocycles. The second-order valence-corrected chi connectivity index (χ2v) is 5.62. The summed E-state index contributed by atoms with van der Waals surface area (Å²) in [4.78, 5) is 14.2. The van der Waals surface area contributed by atoms with Gasteiger partial charge in [-0.05, 0) is 18.9 Å². The molecule has 18 heavy (non-hydrogen) atoms. The van der Waals surface area contributed by atoms with E-state index in [1.54, 1.807) is 0 Å². The second-order valence-electron chi connectivity index (χ2n) is 5.62. The summed E-state index contributed by atoms with van der Waals surface area (Å²) >= 11 is 0. The highest BCUT2D eigenvalue weighted by Crippen LogP contribution is 2.32. The lowest BCUT2D eigenvalue weighted by molar-refractivity contribution is -0.127. The van der Waals surface area contributed by atoms with Crippen LogP contribution in [0.25, 0.3) is 0 Å². The minimum atomic E-state index is 0.474. The van der Waals surface area contributed by atoms with Crippen molar-refractivity contribution in [1.29, 1.82) is 0 Å². The fourth-order valence-electron chi connectivity index (χ4n) is 3.52. The first-order valence-corrected chi connectivity index (χ1v) is 6.98. The Morgan fingerprint density at radius 1 is 1.33 bits per heavy atom. The molecule has 2 bridgehead atoms. The third-order valence-corrected chi connectivity index (χ3v) is 4.49. The Morgan fingerprint density at radius 2 is 2.06 bits per heavy atom. The van der Waals surface area contributed by atoms with Crippen molar-refractivity contribution in [3.8, 4) is 0 Å². The number of hydrogen-bond acceptors (Lipinski definition) is 3. The Morgan fingerprint density at radius 3 is 2.67 bits per heavy atom. The van der Waals surface area contributed by atoms with Gasteiger partial charge in [0, 0.05) is 56.8 Å². The summed E-state index contributed by atoms with van der Waals surface area (Å²) in [7, 11) is 2.00. The van der Waals surface area contributed by atoms with E-state index in [1.807, 2.05) is 17.9 Å². The van der Waals surface area contributed by atoms with Crippen LogP contribution in [0.2, 0.25) is 0 Å². The number of aryl methyl sites for hydroxylation is 1. The normalized spacial score (nSPS) is 28.6. The van der Waals surface area contributed by atoms with Crippen LogP contribution in [0.5, 0.6) is 0 Å². The van der Waals surface area contributed by atoms with Crippen LogP contribution in [0.4, 0.5) is 0 Å². The third kappa shape index (κ3) is 2.21. The second kappa shape index (κ2) is 4.84. The van der Waals surface area contributed by atoms with Crippen LogP contribution < -0.4 is 0 Å². The van der Waals surface area contributed by atoms with Gasteiger partial charge >= 0.3 is 0 Å². The number of hydrogen-bond donors (Lipinski definition) is 0. The van der Waals surface area contributed by atoms with E-state index in [2.05, 4.69) is 16.1 Å². The first-order valence-electron chi connectivity index (χ1n) is 6.98. The van der Waals surface area contributed by atoms with Gasteiger partial charge in [-0.2, -0.15) is 5.10 Å². The van der Waals surface area contributed by atoms with Crippen LogP contribution in [-0.4, -0.2) is 39.1 Å². The molecule has 0 radical (unpaired) electrons. The van der Waals surface area contributed by atoms with E-state index < -0.39 is 0 Å². The Kier molecular flexibility index (Phi) is 3.20. The zero-order chi connectivity index (χ0) is 12.5. The number of carbonyl (C=O) groups is 1. The zero-order valence-corrected chi connectivity index (χ0v) is 11.0. The molecule has 4 heteroatoms.